The number of thioether (sulfide) groups is 1. The molecule has 0 aromatic carbocycles. The highest BCUT2D eigenvalue weighted by Gasteiger charge is 2.52. The number of nitrogens with zero attached hydrogens (tertiary/aromatic N) is 2. The minimum absolute atomic E-state index is 0.0259. The van der Waals surface area contributed by atoms with Crippen LogP contribution in [0.4, 0.5) is 10.5 Å². The predicted molar refractivity (Wildman–Crippen MR) is 133 cm³/mol. The van der Waals surface area contributed by atoms with E-state index in [-0.39, 0.29) is 35.3 Å². The first-order valence-electron chi connectivity index (χ1n) is 12.3. The standard InChI is InChI=1S/C24H34N6O3S/c1-13(2)12-33-18-9-14(3)17(11-27-18)30-16-6-8-26-23-19(16)20(29-24(30)32)21(34-23)22(31)28-15-5-4-7-25-10-15/h9,11,13,15-16,19,23,25-26H,4-8,10,12H2,1-3H3,(H,28,31)(H,29,32)/t15-,16?,19?,23?/m1/s1. The van der Waals surface area contributed by atoms with Gasteiger partial charge in [-0.1, -0.05) is 25.6 Å². The van der Waals surface area contributed by atoms with Crippen molar-refractivity contribution in [1.29, 1.82) is 0 Å². The summed E-state index contributed by atoms with van der Waals surface area (Å²) in [6.07, 6.45) is 4.58. The molecule has 4 aliphatic rings. The fourth-order valence-corrected chi connectivity index (χ4v) is 6.63. The number of rotatable bonds is 6. The van der Waals surface area contributed by atoms with Gasteiger partial charge >= 0.3 is 6.03 Å². The number of hydrogen-bond donors (Lipinski definition) is 4. The van der Waals surface area contributed by atoms with Crippen LogP contribution in [0.25, 0.3) is 0 Å². The Balaban J connectivity index is 1.39. The van der Waals surface area contributed by atoms with Gasteiger partial charge in [0.2, 0.25) is 5.88 Å². The molecule has 0 spiro atoms. The summed E-state index contributed by atoms with van der Waals surface area (Å²) in [5.41, 5.74) is 2.49. The van der Waals surface area contributed by atoms with Gasteiger partial charge in [-0.15, -0.1) is 0 Å². The fourth-order valence-electron chi connectivity index (χ4n) is 5.23. The van der Waals surface area contributed by atoms with Crippen molar-refractivity contribution < 1.29 is 14.3 Å². The first kappa shape index (κ1) is 23.4. The minimum Gasteiger partial charge on any atom is -0.477 e. The number of nitrogens with one attached hydrogen (secondary N) is 4. The van der Waals surface area contributed by atoms with Gasteiger partial charge in [-0.2, -0.15) is 0 Å². The lowest BCUT2D eigenvalue weighted by Gasteiger charge is -2.46. The summed E-state index contributed by atoms with van der Waals surface area (Å²) >= 11 is 1.54. The Morgan fingerprint density at radius 1 is 1.35 bits per heavy atom. The van der Waals surface area contributed by atoms with Gasteiger partial charge < -0.3 is 26.0 Å². The van der Waals surface area contributed by atoms with E-state index in [9.17, 15) is 9.59 Å². The van der Waals surface area contributed by atoms with Gasteiger partial charge in [0, 0.05) is 30.3 Å². The second-order valence-corrected chi connectivity index (χ2v) is 11.1. The molecule has 3 unspecified atom stereocenters. The normalized spacial score (nSPS) is 28.6. The third kappa shape index (κ3) is 4.50. The van der Waals surface area contributed by atoms with E-state index >= 15 is 0 Å². The fraction of sp³-hybridized carbons (Fsp3) is 0.625. The Morgan fingerprint density at radius 3 is 2.94 bits per heavy atom. The highest BCUT2D eigenvalue weighted by atomic mass is 32.2. The summed E-state index contributed by atoms with van der Waals surface area (Å²) in [5, 5.41) is 13.2. The number of hydrogen-bond acceptors (Lipinski definition) is 7. The molecule has 5 heterocycles. The van der Waals surface area contributed by atoms with Crippen LogP contribution in [-0.2, 0) is 4.79 Å². The molecule has 10 heteroatoms. The van der Waals surface area contributed by atoms with E-state index in [0.717, 1.165) is 55.8 Å². The number of anilines is 1. The number of carbonyl (C=O) groups is 2. The van der Waals surface area contributed by atoms with Crippen LogP contribution >= 0.6 is 11.8 Å². The lowest BCUT2D eigenvalue weighted by Crippen LogP contribution is -2.62. The predicted octanol–water partition coefficient (Wildman–Crippen LogP) is 2.09. The molecule has 184 valence electrons. The summed E-state index contributed by atoms with van der Waals surface area (Å²) < 4.78 is 5.77. The van der Waals surface area contributed by atoms with Crippen LogP contribution in [0.2, 0.25) is 0 Å². The van der Waals surface area contributed by atoms with Crippen molar-refractivity contribution in [3.63, 3.8) is 0 Å². The van der Waals surface area contributed by atoms with E-state index in [0.29, 0.717) is 23.3 Å². The molecule has 0 radical (unpaired) electrons. The third-order valence-electron chi connectivity index (χ3n) is 6.86. The van der Waals surface area contributed by atoms with Crippen molar-refractivity contribution in [2.45, 2.75) is 57.5 Å². The molecule has 3 amide bonds. The Hall–Kier alpha value is -2.30. The summed E-state index contributed by atoms with van der Waals surface area (Å²) in [7, 11) is 0. The number of aryl methyl sites for hydroxylation is 1. The maximum Gasteiger partial charge on any atom is 0.326 e. The van der Waals surface area contributed by atoms with E-state index < -0.39 is 0 Å². The molecule has 0 aliphatic carbocycles. The van der Waals surface area contributed by atoms with Crippen LogP contribution in [0.3, 0.4) is 0 Å². The van der Waals surface area contributed by atoms with E-state index in [1.165, 1.54) is 0 Å². The van der Waals surface area contributed by atoms with Gasteiger partial charge in [-0.05, 0) is 50.8 Å². The molecular formula is C24H34N6O3S. The van der Waals surface area contributed by atoms with Gasteiger partial charge in [-0.25, -0.2) is 9.78 Å². The molecule has 0 saturated carbocycles. The molecular weight excluding hydrogens is 452 g/mol. The second-order valence-electron chi connectivity index (χ2n) is 9.95. The number of urea groups is 1. The second kappa shape index (κ2) is 9.75. The van der Waals surface area contributed by atoms with Crippen LogP contribution in [0.15, 0.2) is 22.9 Å². The Kier molecular flexibility index (Phi) is 6.72. The topological polar surface area (TPSA) is 108 Å². The van der Waals surface area contributed by atoms with Crippen LogP contribution in [-0.4, -0.2) is 60.6 Å². The van der Waals surface area contributed by atoms with Crippen molar-refractivity contribution >= 4 is 29.4 Å². The van der Waals surface area contributed by atoms with Gasteiger partial charge in [0.1, 0.15) is 0 Å². The van der Waals surface area contributed by atoms with Crippen LogP contribution in [0.5, 0.6) is 5.88 Å². The maximum absolute atomic E-state index is 13.4. The third-order valence-corrected chi connectivity index (χ3v) is 8.22. The molecule has 9 nitrogen and oxygen atoms in total. The van der Waals surface area contributed by atoms with Crippen LogP contribution in [0, 0.1) is 18.8 Å². The van der Waals surface area contributed by atoms with E-state index in [2.05, 4.69) is 40.1 Å². The van der Waals surface area contributed by atoms with E-state index in [1.54, 1.807) is 18.0 Å². The maximum atomic E-state index is 13.4. The average molecular weight is 487 g/mol. The first-order valence-corrected chi connectivity index (χ1v) is 13.2. The van der Waals surface area contributed by atoms with E-state index in [1.807, 2.05) is 17.9 Å². The first-order chi connectivity index (χ1) is 16.4. The number of amides is 3. The molecule has 1 aromatic rings. The SMILES string of the molecule is Cc1cc(OCC(C)C)ncc1N1C(=O)NC2=C(C(=O)N[C@@H]3CCCNC3)SC3NCCC1C23. The summed E-state index contributed by atoms with van der Waals surface area (Å²) in [4.78, 5) is 33.5. The lowest BCUT2D eigenvalue weighted by atomic mass is 9.86. The number of carbonyl (C=O) groups excluding carboxylic acids is 2. The lowest BCUT2D eigenvalue weighted by molar-refractivity contribution is -0.117. The molecule has 3 saturated heterocycles. The highest BCUT2D eigenvalue weighted by molar-refractivity contribution is 8.04. The number of pyridine rings is 1. The molecule has 0 bridgehead atoms. The largest absolute Gasteiger partial charge is 0.477 e. The number of ether oxygens (including phenoxy) is 1. The molecule has 3 fully saturated rings. The zero-order valence-electron chi connectivity index (χ0n) is 20.0. The van der Waals surface area contributed by atoms with E-state index in [4.69, 9.17) is 4.74 Å². The van der Waals surface area contributed by atoms with Gasteiger partial charge in [0.15, 0.2) is 0 Å². The van der Waals surface area contributed by atoms with Crippen LogP contribution < -0.4 is 30.9 Å². The summed E-state index contributed by atoms with van der Waals surface area (Å²) in [6.45, 7) is 9.35. The monoisotopic (exact) mass is 486 g/mol. The Bertz CT molecular complexity index is 993. The van der Waals surface area contributed by atoms with Gasteiger partial charge in [0.25, 0.3) is 5.91 Å². The van der Waals surface area contributed by atoms with Crippen molar-refractivity contribution in [2.24, 2.45) is 11.8 Å². The van der Waals surface area contributed by atoms with Gasteiger partial charge in [-0.3, -0.25) is 9.69 Å². The van der Waals surface area contributed by atoms with Crippen molar-refractivity contribution in [3.05, 3.63) is 28.4 Å². The molecule has 1 aromatic heterocycles. The molecule has 5 rings (SSSR count). The zero-order chi connectivity index (χ0) is 23.8. The van der Waals surface area contributed by atoms with Crippen molar-refractivity contribution in [3.8, 4) is 5.88 Å². The molecule has 34 heavy (non-hydrogen) atoms. The average Bonchev–Trinajstić information content (AvgIpc) is 3.19. The minimum atomic E-state index is -0.204. The number of aromatic nitrogens is 1. The smallest absolute Gasteiger partial charge is 0.326 e. The Labute approximate surface area is 204 Å². The van der Waals surface area contributed by atoms with Gasteiger partial charge in [0.05, 0.1) is 34.8 Å². The van der Waals surface area contributed by atoms with Crippen molar-refractivity contribution in [1.82, 2.24) is 26.3 Å². The Morgan fingerprint density at radius 2 is 2.21 bits per heavy atom. The zero-order valence-corrected chi connectivity index (χ0v) is 20.8. The molecule has 4 atom stereocenters. The summed E-state index contributed by atoms with van der Waals surface area (Å²) in [6, 6.07) is 1.79. The molecule has 4 N–H and O–H groups in total. The highest BCUT2D eigenvalue weighted by Crippen LogP contribution is 2.48. The quantitative estimate of drug-likeness (QED) is 0.488. The number of piperidine rings is 2. The van der Waals surface area contributed by atoms with Crippen LogP contribution in [0.1, 0.15) is 38.7 Å². The molecule has 4 aliphatic heterocycles. The summed E-state index contributed by atoms with van der Waals surface area (Å²) in [5.74, 6) is 0.927. The van der Waals surface area contributed by atoms with Crippen molar-refractivity contribution in [2.75, 3.05) is 31.1 Å².